The third kappa shape index (κ3) is 1.83. The molecule has 0 saturated heterocycles. The van der Waals surface area contributed by atoms with E-state index in [4.69, 9.17) is 11.6 Å². The molecule has 0 saturated carbocycles. The number of alkyl halides is 1. The Morgan fingerprint density at radius 1 is 1.20 bits per heavy atom. The van der Waals surface area contributed by atoms with E-state index >= 15 is 0 Å². The Balaban J connectivity index is 2.39. The standard InChI is InChI=1S/C15H17ClN4/c1-9-5-6-12(10(2)7-9)20-13(8-16)17-14-11(3)18-19(4)15(14)20/h5-7H,8H2,1-4H3. The molecule has 0 aliphatic rings. The molecular weight excluding hydrogens is 272 g/mol. The van der Waals surface area contributed by atoms with Crippen molar-refractivity contribution in [1.82, 2.24) is 19.3 Å². The Bertz CT molecular complexity index is 798. The zero-order chi connectivity index (χ0) is 14.4. The van der Waals surface area contributed by atoms with Crippen molar-refractivity contribution in [3.05, 3.63) is 40.8 Å². The van der Waals surface area contributed by atoms with Crippen molar-refractivity contribution < 1.29 is 0 Å². The van der Waals surface area contributed by atoms with Crippen molar-refractivity contribution in [3.8, 4) is 5.69 Å². The predicted octanol–water partition coefficient (Wildman–Crippen LogP) is 3.42. The summed E-state index contributed by atoms with van der Waals surface area (Å²) in [7, 11) is 1.94. The van der Waals surface area contributed by atoms with Gasteiger partial charge in [0.15, 0.2) is 5.65 Å². The van der Waals surface area contributed by atoms with Crippen molar-refractivity contribution in [2.45, 2.75) is 26.7 Å². The maximum atomic E-state index is 6.09. The third-order valence-electron chi connectivity index (χ3n) is 3.58. The Morgan fingerprint density at radius 2 is 1.95 bits per heavy atom. The van der Waals surface area contributed by atoms with Crippen LogP contribution in [0.2, 0.25) is 0 Å². The SMILES string of the molecule is Cc1ccc(-n2c(CCl)nc3c(C)nn(C)c32)c(C)c1. The molecule has 3 aromatic rings. The molecule has 0 radical (unpaired) electrons. The molecule has 0 aliphatic heterocycles. The first kappa shape index (κ1) is 13.2. The van der Waals surface area contributed by atoms with Gasteiger partial charge < -0.3 is 0 Å². The Hall–Kier alpha value is -1.81. The maximum absolute atomic E-state index is 6.09. The van der Waals surface area contributed by atoms with Crippen LogP contribution in [0.15, 0.2) is 18.2 Å². The van der Waals surface area contributed by atoms with E-state index in [9.17, 15) is 0 Å². The minimum absolute atomic E-state index is 0.376. The van der Waals surface area contributed by atoms with E-state index in [0.717, 1.165) is 28.4 Å². The normalized spacial score (nSPS) is 11.4. The van der Waals surface area contributed by atoms with Crippen LogP contribution in [0.25, 0.3) is 16.9 Å². The number of rotatable bonds is 2. The number of imidazole rings is 1. The summed E-state index contributed by atoms with van der Waals surface area (Å²) in [6, 6.07) is 6.39. The molecule has 3 rings (SSSR count). The van der Waals surface area contributed by atoms with Gasteiger partial charge in [0.25, 0.3) is 0 Å². The van der Waals surface area contributed by atoms with Gasteiger partial charge in [0, 0.05) is 7.05 Å². The van der Waals surface area contributed by atoms with Crippen molar-refractivity contribution in [3.63, 3.8) is 0 Å². The molecule has 4 nitrogen and oxygen atoms in total. The largest absolute Gasteiger partial charge is 0.280 e. The van der Waals surface area contributed by atoms with Crippen molar-refractivity contribution in [2.24, 2.45) is 7.05 Å². The topological polar surface area (TPSA) is 35.6 Å². The minimum atomic E-state index is 0.376. The molecule has 0 N–H and O–H groups in total. The summed E-state index contributed by atoms with van der Waals surface area (Å²) in [5.41, 5.74) is 6.40. The van der Waals surface area contributed by atoms with Gasteiger partial charge in [0.1, 0.15) is 11.3 Å². The van der Waals surface area contributed by atoms with Gasteiger partial charge in [-0.3, -0.25) is 4.57 Å². The average molecular weight is 289 g/mol. The van der Waals surface area contributed by atoms with Gasteiger partial charge in [0.2, 0.25) is 0 Å². The highest BCUT2D eigenvalue weighted by Crippen LogP contribution is 2.26. The maximum Gasteiger partial charge on any atom is 0.163 e. The molecule has 0 fully saturated rings. The second-order valence-corrected chi connectivity index (χ2v) is 5.44. The number of aryl methyl sites for hydroxylation is 4. The summed E-state index contributed by atoms with van der Waals surface area (Å²) in [5.74, 6) is 1.23. The van der Waals surface area contributed by atoms with Crippen LogP contribution < -0.4 is 0 Å². The predicted molar refractivity (Wildman–Crippen MR) is 81.6 cm³/mol. The van der Waals surface area contributed by atoms with E-state index in [1.807, 2.05) is 18.7 Å². The van der Waals surface area contributed by atoms with Crippen LogP contribution in [-0.4, -0.2) is 19.3 Å². The number of fused-ring (bicyclic) bond motifs is 1. The lowest BCUT2D eigenvalue weighted by Crippen LogP contribution is -2.06. The van der Waals surface area contributed by atoms with Crippen molar-refractivity contribution >= 4 is 22.8 Å². The van der Waals surface area contributed by atoms with Crippen LogP contribution in [0.3, 0.4) is 0 Å². The monoisotopic (exact) mass is 288 g/mol. The molecular formula is C15H17ClN4. The van der Waals surface area contributed by atoms with E-state index < -0.39 is 0 Å². The molecule has 0 spiro atoms. The summed E-state index contributed by atoms with van der Waals surface area (Å²) in [6.45, 7) is 6.17. The van der Waals surface area contributed by atoms with Crippen LogP contribution in [0.4, 0.5) is 0 Å². The number of benzene rings is 1. The number of aromatic nitrogens is 4. The highest BCUT2D eigenvalue weighted by molar-refractivity contribution is 6.17. The van der Waals surface area contributed by atoms with Gasteiger partial charge in [-0.2, -0.15) is 5.10 Å². The second-order valence-electron chi connectivity index (χ2n) is 5.17. The lowest BCUT2D eigenvalue weighted by molar-refractivity contribution is 0.754. The lowest BCUT2D eigenvalue weighted by atomic mass is 10.1. The molecule has 0 unspecified atom stereocenters. The van der Waals surface area contributed by atoms with Gasteiger partial charge in [-0.05, 0) is 32.4 Å². The minimum Gasteiger partial charge on any atom is -0.280 e. The zero-order valence-corrected chi connectivity index (χ0v) is 12.9. The summed E-state index contributed by atoms with van der Waals surface area (Å²) < 4.78 is 3.98. The lowest BCUT2D eigenvalue weighted by Gasteiger charge is -2.12. The zero-order valence-electron chi connectivity index (χ0n) is 12.1. The summed E-state index contributed by atoms with van der Waals surface area (Å²) in [4.78, 5) is 4.64. The van der Waals surface area contributed by atoms with Gasteiger partial charge >= 0.3 is 0 Å². The second kappa shape index (κ2) is 4.63. The van der Waals surface area contributed by atoms with Crippen molar-refractivity contribution in [2.75, 3.05) is 0 Å². The quantitative estimate of drug-likeness (QED) is 0.677. The van der Waals surface area contributed by atoms with Gasteiger partial charge in [-0.15, -0.1) is 11.6 Å². The summed E-state index contributed by atoms with van der Waals surface area (Å²) in [6.07, 6.45) is 0. The van der Waals surface area contributed by atoms with Gasteiger partial charge in [0.05, 0.1) is 17.3 Å². The van der Waals surface area contributed by atoms with E-state index in [1.54, 1.807) is 0 Å². The van der Waals surface area contributed by atoms with E-state index in [1.165, 1.54) is 11.1 Å². The highest BCUT2D eigenvalue weighted by atomic mass is 35.5. The van der Waals surface area contributed by atoms with Crippen LogP contribution >= 0.6 is 11.6 Å². The molecule has 0 atom stereocenters. The first-order valence-corrected chi connectivity index (χ1v) is 7.11. The Labute approximate surface area is 123 Å². The van der Waals surface area contributed by atoms with Crippen LogP contribution in [0.5, 0.6) is 0 Å². The number of hydrogen-bond donors (Lipinski definition) is 0. The fourth-order valence-electron chi connectivity index (χ4n) is 2.72. The number of nitrogens with zero attached hydrogens (tertiary/aromatic N) is 4. The van der Waals surface area contributed by atoms with Gasteiger partial charge in [-0.1, -0.05) is 17.7 Å². The molecule has 0 amide bonds. The molecule has 0 bridgehead atoms. The number of halogens is 1. The van der Waals surface area contributed by atoms with Crippen LogP contribution in [0, 0.1) is 20.8 Å². The van der Waals surface area contributed by atoms with Gasteiger partial charge in [-0.25, -0.2) is 9.67 Å². The average Bonchev–Trinajstić information content (AvgIpc) is 2.89. The molecule has 2 aromatic heterocycles. The van der Waals surface area contributed by atoms with E-state index in [-0.39, 0.29) is 0 Å². The fraction of sp³-hybridized carbons (Fsp3) is 0.333. The first-order chi connectivity index (χ1) is 9.52. The smallest absolute Gasteiger partial charge is 0.163 e. The fourth-order valence-corrected chi connectivity index (χ4v) is 2.90. The van der Waals surface area contributed by atoms with Crippen molar-refractivity contribution in [1.29, 1.82) is 0 Å². The van der Waals surface area contributed by atoms with Crippen LogP contribution in [0.1, 0.15) is 22.6 Å². The molecule has 5 heteroatoms. The highest BCUT2D eigenvalue weighted by Gasteiger charge is 2.18. The first-order valence-electron chi connectivity index (χ1n) is 6.57. The summed E-state index contributed by atoms with van der Waals surface area (Å²) >= 11 is 6.09. The summed E-state index contributed by atoms with van der Waals surface area (Å²) in [5, 5.41) is 4.45. The molecule has 20 heavy (non-hydrogen) atoms. The molecule has 2 heterocycles. The molecule has 1 aromatic carbocycles. The van der Waals surface area contributed by atoms with E-state index in [2.05, 4.69) is 46.7 Å². The third-order valence-corrected chi connectivity index (χ3v) is 3.82. The Morgan fingerprint density at radius 3 is 2.60 bits per heavy atom. The van der Waals surface area contributed by atoms with E-state index in [0.29, 0.717) is 5.88 Å². The molecule has 0 aliphatic carbocycles. The molecule has 104 valence electrons. The number of hydrogen-bond acceptors (Lipinski definition) is 2. The Kier molecular flexibility index (Phi) is 3.05. The van der Waals surface area contributed by atoms with Crippen LogP contribution in [-0.2, 0) is 12.9 Å².